The number of aliphatic imine (C=N–C) groups is 1. The zero-order valence-electron chi connectivity index (χ0n) is 15.2. The van der Waals surface area contributed by atoms with Gasteiger partial charge in [-0.15, -0.1) is 35.3 Å². The highest BCUT2D eigenvalue weighted by Gasteiger charge is 2.23. The van der Waals surface area contributed by atoms with Crippen LogP contribution in [0.25, 0.3) is 0 Å². The first-order valence-corrected chi connectivity index (χ1v) is 9.27. The molecule has 0 bridgehead atoms. The Bertz CT molecular complexity index is 483. The molecule has 1 fully saturated rings. The van der Waals surface area contributed by atoms with E-state index in [2.05, 4.69) is 58.5 Å². The molecule has 5 nitrogen and oxygen atoms in total. The Labute approximate surface area is 167 Å². The van der Waals surface area contributed by atoms with Crippen LogP contribution in [-0.2, 0) is 11.2 Å². The number of hydrogen-bond acceptors (Lipinski definition) is 4. The van der Waals surface area contributed by atoms with E-state index in [0.29, 0.717) is 12.1 Å². The van der Waals surface area contributed by atoms with Crippen LogP contribution in [0, 0.1) is 0 Å². The van der Waals surface area contributed by atoms with Crippen molar-refractivity contribution in [3.8, 4) is 0 Å². The van der Waals surface area contributed by atoms with E-state index in [1.807, 2.05) is 18.4 Å². The maximum absolute atomic E-state index is 5.52. The van der Waals surface area contributed by atoms with Crippen molar-refractivity contribution in [3.05, 3.63) is 22.4 Å². The fraction of sp³-hybridized carbons (Fsp3) is 0.706. The molecule has 138 valence electrons. The van der Waals surface area contributed by atoms with E-state index in [1.165, 1.54) is 4.88 Å². The monoisotopic (exact) mass is 466 g/mol. The fourth-order valence-electron chi connectivity index (χ4n) is 2.97. The van der Waals surface area contributed by atoms with Crippen LogP contribution in [0.1, 0.15) is 18.7 Å². The Hall–Kier alpha value is -0.380. The third-order valence-electron chi connectivity index (χ3n) is 4.39. The molecule has 2 heterocycles. The summed E-state index contributed by atoms with van der Waals surface area (Å²) in [6.45, 7) is 9.06. The first-order valence-electron chi connectivity index (χ1n) is 8.39. The number of guanidine groups is 1. The molecule has 24 heavy (non-hydrogen) atoms. The van der Waals surface area contributed by atoms with E-state index >= 15 is 0 Å². The van der Waals surface area contributed by atoms with Gasteiger partial charge >= 0.3 is 0 Å². The molecule has 1 N–H and O–H groups in total. The average molecular weight is 466 g/mol. The topological polar surface area (TPSA) is 40.1 Å². The molecule has 0 spiro atoms. The van der Waals surface area contributed by atoms with E-state index in [0.717, 1.165) is 45.2 Å². The molecule has 0 aromatic carbocycles. The van der Waals surface area contributed by atoms with Gasteiger partial charge in [0.15, 0.2) is 5.96 Å². The van der Waals surface area contributed by atoms with Crippen LogP contribution >= 0.6 is 35.3 Å². The lowest BCUT2D eigenvalue weighted by molar-refractivity contribution is -0.0174. The van der Waals surface area contributed by atoms with Gasteiger partial charge in [-0.05, 0) is 31.7 Å². The van der Waals surface area contributed by atoms with E-state index in [9.17, 15) is 0 Å². The lowest BCUT2D eigenvalue weighted by atomic mass is 10.2. The predicted molar refractivity (Wildman–Crippen MR) is 114 cm³/mol. The SMILES string of the molecule is CN=C(NCC(C)N1CCOCC1C)N(C)CCc1cccs1.I. The summed E-state index contributed by atoms with van der Waals surface area (Å²) in [4.78, 5) is 10.5. The van der Waals surface area contributed by atoms with Gasteiger partial charge in [0, 0.05) is 50.7 Å². The normalized spacial score (nSPS) is 20.3. The molecule has 0 aliphatic carbocycles. The summed E-state index contributed by atoms with van der Waals surface area (Å²) in [6, 6.07) is 5.25. The number of morpholine rings is 1. The highest BCUT2D eigenvalue weighted by atomic mass is 127. The van der Waals surface area contributed by atoms with Gasteiger partial charge < -0.3 is 15.0 Å². The zero-order valence-corrected chi connectivity index (χ0v) is 18.3. The molecule has 0 saturated carbocycles. The molecule has 2 rings (SSSR count). The summed E-state index contributed by atoms with van der Waals surface area (Å²) in [5.41, 5.74) is 0. The Kier molecular flexibility index (Phi) is 10.2. The van der Waals surface area contributed by atoms with Crippen molar-refractivity contribution in [1.82, 2.24) is 15.1 Å². The molecular weight excluding hydrogens is 435 g/mol. The minimum Gasteiger partial charge on any atom is -0.379 e. The maximum Gasteiger partial charge on any atom is 0.193 e. The predicted octanol–water partition coefficient (Wildman–Crippen LogP) is 2.53. The first-order chi connectivity index (χ1) is 11.1. The Morgan fingerprint density at radius 2 is 2.38 bits per heavy atom. The second-order valence-corrected chi connectivity index (χ2v) is 7.22. The largest absolute Gasteiger partial charge is 0.379 e. The Morgan fingerprint density at radius 3 is 3.00 bits per heavy atom. The number of nitrogens with one attached hydrogen (secondary N) is 1. The fourth-order valence-corrected chi connectivity index (χ4v) is 3.67. The first kappa shape index (κ1) is 21.7. The molecule has 1 aliphatic heterocycles. The molecular formula is C17H31IN4OS. The third-order valence-corrected chi connectivity index (χ3v) is 5.32. The summed E-state index contributed by atoms with van der Waals surface area (Å²) >= 11 is 1.82. The van der Waals surface area contributed by atoms with E-state index in [1.54, 1.807) is 0 Å². The van der Waals surface area contributed by atoms with Crippen molar-refractivity contribution in [2.24, 2.45) is 4.99 Å². The molecule has 2 unspecified atom stereocenters. The third kappa shape index (κ3) is 6.50. The number of likely N-dealkylation sites (N-methyl/N-ethyl adjacent to an activating group) is 1. The standard InChI is InChI=1S/C17H30N4OS.HI/c1-14(21-9-10-22-13-15(21)2)12-19-17(18-3)20(4)8-7-16-6-5-11-23-16;/h5-6,11,14-15H,7-10,12-13H2,1-4H3,(H,18,19);1H. The summed E-state index contributed by atoms with van der Waals surface area (Å²) in [5, 5.41) is 5.65. The quantitative estimate of drug-likeness (QED) is 0.398. The summed E-state index contributed by atoms with van der Waals surface area (Å²) in [6.07, 6.45) is 1.06. The van der Waals surface area contributed by atoms with Gasteiger partial charge in [-0.25, -0.2) is 0 Å². The minimum absolute atomic E-state index is 0. The molecule has 7 heteroatoms. The van der Waals surface area contributed by atoms with Crippen molar-refractivity contribution >= 4 is 41.3 Å². The number of nitrogens with zero attached hydrogens (tertiary/aromatic N) is 3. The lowest BCUT2D eigenvalue weighted by Crippen LogP contribution is -2.53. The molecule has 2 atom stereocenters. The van der Waals surface area contributed by atoms with Crippen molar-refractivity contribution in [1.29, 1.82) is 0 Å². The van der Waals surface area contributed by atoms with Gasteiger partial charge in [-0.1, -0.05) is 6.07 Å². The van der Waals surface area contributed by atoms with Crippen molar-refractivity contribution in [2.75, 3.05) is 46.9 Å². The van der Waals surface area contributed by atoms with Crippen LogP contribution in [0.5, 0.6) is 0 Å². The second-order valence-electron chi connectivity index (χ2n) is 6.19. The van der Waals surface area contributed by atoms with Crippen LogP contribution in [-0.4, -0.2) is 74.8 Å². The van der Waals surface area contributed by atoms with E-state index in [4.69, 9.17) is 4.74 Å². The van der Waals surface area contributed by atoms with Gasteiger partial charge in [0.2, 0.25) is 0 Å². The highest BCUT2D eigenvalue weighted by molar-refractivity contribution is 14.0. The zero-order chi connectivity index (χ0) is 16.7. The number of thiophene rings is 1. The smallest absolute Gasteiger partial charge is 0.193 e. The van der Waals surface area contributed by atoms with Gasteiger partial charge in [-0.3, -0.25) is 9.89 Å². The molecule has 1 aromatic rings. The average Bonchev–Trinajstić information content (AvgIpc) is 3.07. The lowest BCUT2D eigenvalue weighted by Gasteiger charge is -2.38. The van der Waals surface area contributed by atoms with E-state index < -0.39 is 0 Å². The maximum atomic E-state index is 5.52. The van der Waals surface area contributed by atoms with Crippen LogP contribution in [0.3, 0.4) is 0 Å². The number of ether oxygens (including phenoxy) is 1. The molecule has 1 aromatic heterocycles. The van der Waals surface area contributed by atoms with Crippen LogP contribution in [0.2, 0.25) is 0 Å². The number of rotatable bonds is 6. The van der Waals surface area contributed by atoms with Crippen molar-refractivity contribution in [3.63, 3.8) is 0 Å². The molecule has 1 saturated heterocycles. The number of hydrogen-bond donors (Lipinski definition) is 1. The number of halogens is 1. The van der Waals surface area contributed by atoms with Crippen LogP contribution < -0.4 is 5.32 Å². The highest BCUT2D eigenvalue weighted by Crippen LogP contribution is 2.11. The Morgan fingerprint density at radius 1 is 1.58 bits per heavy atom. The van der Waals surface area contributed by atoms with Crippen molar-refractivity contribution in [2.45, 2.75) is 32.4 Å². The van der Waals surface area contributed by atoms with Crippen LogP contribution in [0.4, 0.5) is 0 Å². The summed E-state index contributed by atoms with van der Waals surface area (Å²) in [7, 11) is 3.96. The molecule has 1 aliphatic rings. The minimum atomic E-state index is 0. The van der Waals surface area contributed by atoms with Gasteiger partial charge in [0.1, 0.15) is 0 Å². The van der Waals surface area contributed by atoms with E-state index in [-0.39, 0.29) is 24.0 Å². The summed E-state index contributed by atoms with van der Waals surface area (Å²) < 4.78 is 5.52. The van der Waals surface area contributed by atoms with Gasteiger partial charge in [0.25, 0.3) is 0 Å². The van der Waals surface area contributed by atoms with Gasteiger partial charge in [-0.2, -0.15) is 0 Å². The van der Waals surface area contributed by atoms with Crippen molar-refractivity contribution < 1.29 is 4.74 Å². The Balaban J connectivity index is 0.00000288. The molecule has 0 amide bonds. The van der Waals surface area contributed by atoms with Crippen LogP contribution in [0.15, 0.2) is 22.5 Å². The second kappa shape index (κ2) is 11.3. The molecule has 0 radical (unpaired) electrons. The summed E-state index contributed by atoms with van der Waals surface area (Å²) in [5.74, 6) is 0.967. The van der Waals surface area contributed by atoms with Gasteiger partial charge in [0.05, 0.1) is 13.2 Å².